The van der Waals surface area contributed by atoms with Crippen molar-refractivity contribution in [1.29, 1.82) is 0 Å². The molecule has 3 N–H and O–H groups in total. The van der Waals surface area contributed by atoms with E-state index in [0.29, 0.717) is 12.5 Å². The third kappa shape index (κ3) is 5.92. The van der Waals surface area contributed by atoms with Gasteiger partial charge in [-0.05, 0) is 11.5 Å². The molecule has 0 saturated heterocycles. The van der Waals surface area contributed by atoms with Crippen LogP contribution < -0.4 is 21.9 Å². The first kappa shape index (κ1) is 23.4. The Kier molecular flexibility index (Phi) is 7.96. The van der Waals surface area contributed by atoms with E-state index in [4.69, 9.17) is 4.74 Å². The zero-order valence-electron chi connectivity index (χ0n) is 18.3. The largest absolute Gasteiger partial charge is 0.383 e. The van der Waals surface area contributed by atoms with Gasteiger partial charge in [0.1, 0.15) is 17.2 Å². The van der Waals surface area contributed by atoms with Crippen LogP contribution in [0, 0.1) is 5.92 Å². The Bertz CT molecular complexity index is 1170. The van der Waals surface area contributed by atoms with Gasteiger partial charge in [-0.1, -0.05) is 44.2 Å². The Morgan fingerprint density at radius 2 is 2.00 bits per heavy atom. The van der Waals surface area contributed by atoms with E-state index < -0.39 is 17.2 Å². The number of aromatic nitrogens is 3. The molecule has 0 fully saturated rings. The lowest BCUT2D eigenvalue weighted by atomic mass is 10.1. The third-order valence-electron chi connectivity index (χ3n) is 4.63. The average Bonchev–Trinajstić information content (AvgIpc) is 3.21. The average molecular weight is 458 g/mol. The van der Waals surface area contributed by atoms with E-state index in [0.717, 1.165) is 17.0 Å². The van der Waals surface area contributed by atoms with Crippen LogP contribution in [0.2, 0.25) is 0 Å². The fraction of sp³-hybridized carbons (Fsp3) is 0.364. The Hall–Kier alpha value is -3.24. The molecular weight excluding hydrogens is 430 g/mol. The Balaban J connectivity index is 1.94. The molecule has 170 valence electrons. The van der Waals surface area contributed by atoms with Crippen LogP contribution in [0.1, 0.15) is 34.9 Å². The summed E-state index contributed by atoms with van der Waals surface area (Å²) in [5, 5.41) is 8.30. The molecule has 1 aromatic carbocycles. The maximum absolute atomic E-state index is 12.9. The maximum Gasteiger partial charge on any atom is 0.330 e. The number of methoxy groups -OCH3 is 1. The van der Waals surface area contributed by atoms with Gasteiger partial charge in [0, 0.05) is 25.5 Å². The molecule has 32 heavy (non-hydrogen) atoms. The summed E-state index contributed by atoms with van der Waals surface area (Å²) in [5.74, 6) is 0.00285. The molecule has 9 nitrogen and oxygen atoms in total. The summed E-state index contributed by atoms with van der Waals surface area (Å²) in [6.07, 6.45) is 0.769. The molecule has 0 aliphatic heterocycles. The molecule has 0 bridgehead atoms. The van der Waals surface area contributed by atoms with Gasteiger partial charge in [-0.25, -0.2) is 9.78 Å². The third-order valence-corrected chi connectivity index (χ3v) is 5.50. The molecule has 2 aromatic heterocycles. The van der Waals surface area contributed by atoms with Crippen LogP contribution in [0.5, 0.6) is 0 Å². The highest BCUT2D eigenvalue weighted by Crippen LogP contribution is 2.19. The van der Waals surface area contributed by atoms with Gasteiger partial charge >= 0.3 is 5.69 Å². The topological polar surface area (TPSA) is 118 Å². The van der Waals surface area contributed by atoms with Crippen molar-refractivity contribution < 1.29 is 9.53 Å². The number of benzene rings is 1. The van der Waals surface area contributed by atoms with Gasteiger partial charge < -0.3 is 15.4 Å². The predicted octanol–water partition coefficient (Wildman–Crippen LogP) is 2.70. The molecule has 0 aliphatic carbocycles. The molecule has 2 heterocycles. The minimum atomic E-state index is -0.633. The van der Waals surface area contributed by atoms with Crippen LogP contribution in [0.4, 0.5) is 11.5 Å². The summed E-state index contributed by atoms with van der Waals surface area (Å²) >= 11 is 1.41. The van der Waals surface area contributed by atoms with Crippen molar-refractivity contribution in [3.05, 3.63) is 72.8 Å². The van der Waals surface area contributed by atoms with Gasteiger partial charge in [0.2, 0.25) is 0 Å². The summed E-state index contributed by atoms with van der Waals surface area (Å²) in [5.41, 5.74) is 0.0259. The monoisotopic (exact) mass is 457 g/mol. The predicted molar refractivity (Wildman–Crippen MR) is 126 cm³/mol. The highest BCUT2D eigenvalue weighted by molar-refractivity contribution is 7.09. The van der Waals surface area contributed by atoms with Crippen molar-refractivity contribution in [2.45, 2.75) is 33.4 Å². The van der Waals surface area contributed by atoms with Crippen LogP contribution in [0.15, 0.2) is 45.3 Å². The summed E-state index contributed by atoms with van der Waals surface area (Å²) in [7, 11) is 1.51. The van der Waals surface area contributed by atoms with Gasteiger partial charge in [-0.3, -0.25) is 19.1 Å². The zero-order chi connectivity index (χ0) is 23.1. The van der Waals surface area contributed by atoms with E-state index in [1.807, 2.05) is 30.3 Å². The van der Waals surface area contributed by atoms with Gasteiger partial charge in [0.15, 0.2) is 0 Å². The van der Waals surface area contributed by atoms with E-state index in [-0.39, 0.29) is 30.4 Å². The standard InChI is InChI=1S/C22H27N5O4S/c1-14(2)11-17-24-16(13-32-17)20(28)25-19-18(23-12-15-7-5-4-6-8-15)21(29)26-22(30)27(19)9-10-31-3/h4-8,13-14,23H,9-12H2,1-3H3,(H,25,28)(H,26,29,30). The zero-order valence-corrected chi connectivity index (χ0v) is 19.1. The molecule has 1 amide bonds. The SMILES string of the molecule is COCCn1c(NC(=O)c2csc(CC(C)C)n2)c(NCc2ccccc2)c(=O)[nH]c1=O. The number of hydrogen-bond acceptors (Lipinski definition) is 7. The van der Waals surface area contributed by atoms with Crippen LogP contribution in [0.25, 0.3) is 0 Å². The number of hydrogen-bond donors (Lipinski definition) is 3. The normalized spacial score (nSPS) is 11.0. The number of nitrogens with one attached hydrogen (secondary N) is 3. The fourth-order valence-electron chi connectivity index (χ4n) is 3.08. The van der Waals surface area contributed by atoms with E-state index in [1.54, 1.807) is 5.38 Å². The quantitative estimate of drug-likeness (QED) is 0.431. The van der Waals surface area contributed by atoms with E-state index in [1.165, 1.54) is 23.0 Å². The smallest absolute Gasteiger partial charge is 0.330 e. The van der Waals surface area contributed by atoms with Crippen LogP contribution >= 0.6 is 11.3 Å². The number of anilines is 2. The number of ether oxygens (including phenoxy) is 1. The first-order chi connectivity index (χ1) is 15.4. The van der Waals surface area contributed by atoms with Gasteiger partial charge in [-0.2, -0.15) is 0 Å². The number of nitrogens with zero attached hydrogens (tertiary/aromatic N) is 2. The molecule has 0 radical (unpaired) electrons. The number of carbonyl (C=O) groups excluding carboxylic acids is 1. The Morgan fingerprint density at radius 3 is 2.69 bits per heavy atom. The summed E-state index contributed by atoms with van der Waals surface area (Å²) in [6.45, 7) is 4.87. The van der Waals surface area contributed by atoms with Crippen molar-refractivity contribution in [2.75, 3.05) is 24.4 Å². The van der Waals surface area contributed by atoms with Crippen molar-refractivity contribution in [3.63, 3.8) is 0 Å². The number of thiazole rings is 1. The van der Waals surface area contributed by atoms with Crippen LogP contribution in [-0.2, 0) is 24.2 Å². The number of rotatable bonds is 10. The first-order valence-corrected chi connectivity index (χ1v) is 11.2. The Labute approximate surface area is 189 Å². The van der Waals surface area contributed by atoms with Crippen molar-refractivity contribution >= 4 is 28.7 Å². The lowest BCUT2D eigenvalue weighted by Crippen LogP contribution is -2.36. The second-order valence-corrected chi connectivity index (χ2v) is 8.59. The van der Waals surface area contributed by atoms with Crippen LogP contribution in [0.3, 0.4) is 0 Å². The number of carbonyl (C=O) groups is 1. The lowest BCUT2D eigenvalue weighted by molar-refractivity contribution is 0.102. The molecule has 0 saturated carbocycles. The summed E-state index contributed by atoms with van der Waals surface area (Å²) < 4.78 is 6.36. The molecule has 3 rings (SSSR count). The molecule has 0 atom stereocenters. The van der Waals surface area contributed by atoms with E-state index in [9.17, 15) is 14.4 Å². The van der Waals surface area contributed by atoms with Crippen LogP contribution in [-0.4, -0.2) is 34.2 Å². The highest BCUT2D eigenvalue weighted by atomic mass is 32.1. The molecular formula is C22H27N5O4S. The van der Waals surface area contributed by atoms with E-state index in [2.05, 4.69) is 34.4 Å². The van der Waals surface area contributed by atoms with Crippen molar-refractivity contribution in [3.8, 4) is 0 Å². The number of aromatic amines is 1. The minimum absolute atomic E-state index is 0.0788. The second-order valence-electron chi connectivity index (χ2n) is 7.65. The Morgan fingerprint density at radius 1 is 1.25 bits per heavy atom. The summed E-state index contributed by atoms with van der Waals surface area (Å²) in [6, 6.07) is 9.49. The van der Waals surface area contributed by atoms with E-state index >= 15 is 0 Å². The van der Waals surface area contributed by atoms with Gasteiger partial charge in [0.25, 0.3) is 11.5 Å². The first-order valence-electron chi connectivity index (χ1n) is 10.3. The molecule has 10 heteroatoms. The molecule has 3 aromatic rings. The lowest BCUT2D eigenvalue weighted by Gasteiger charge is -2.17. The number of H-pyrrole nitrogens is 1. The van der Waals surface area contributed by atoms with Crippen molar-refractivity contribution in [2.24, 2.45) is 5.92 Å². The highest BCUT2D eigenvalue weighted by Gasteiger charge is 2.20. The second kappa shape index (κ2) is 10.9. The molecule has 0 unspecified atom stereocenters. The minimum Gasteiger partial charge on any atom is -0.383 e. The molecule has 0 aliphatic rings. The van der Waals surface area contributed by atoms with Gasteiger partial charge in [-0.15, -0.1) is 11.3 Å². The number of amides is 1. The fourth-order valence-corrected chi connectivity index (χ4v) is 4.07. The molecule has 0 spiro atoms. The van der Waals surface area contributed by atoms with Gasteiger partial charge in [0.05, 0.1) is 18.2 Å². The maximum atomic E-state index is 12.9. The van der Waals surface area contributed by atoms with Crippen molar-refractivity contribution in [1.82, 2.24) is 14.5 Å². The summed E-state index contributed by atoms with van der Waals surface area (Å²) in [4.78, 5) is 44.7.